The average molecular weight is 234 g/mol. The highest BCUT2D eigenvalue weighted by Crippen LogP contribution is 2.36. The number of ether oxygens (including phenoxy) is 1. The molecule has 0 bridgehead atoms. The predicted octanol–water partition coefficient (Wildman–Crippen LogP) is 1.84. The molecule has 0 spiro atoms. The van der Waals surface area contributed by atoms with Crippen molar-refractivity contribution in [2.45, 2.75) is 25.8 Å². The number of nitrogens with two attached hydrogens (primary N) is 1. The highest BCUT2D eigenvalue weighted by molar-refractivity contribution is 6.04. The molecule has 1 aliphatic rings. The molecule has 1 aromatic rings. The summed E-state index contributed by atoms with van der Waals surface area (Å²) in [6.45, 7) is 2.85. The Hall–Kier alpha value is -1.55. The van der Waals surface area contributed by atoms with Crippen LogP contribution in [0, 0.1) is 0 Å². The van der Waals surface area contributed by atoms with Crippen LogP contribution in [-0.2, 0) is 4.79 Å². The van der Waals surface area contributed by atoms with Crippen molar-refractivity contribution in [2.24, 2.45) is 5.73 Å². The number of hydrogen-bond donors (Lipinski definition) is 1. The Kier molecular flexibility index (Phi) is 3.33. The molecule has 17 heavy (non-hydrogen) atoms. The van der Waals surface area contributed by atoms with E-state index in [1.807, 2.05) is 18.2 Å². The van der Waals surface area contributed by atoms with Crippen LogP contribution in [0.25, 0.3) is 0 Å². The second kappa shape index (κ2) is 4.75. The number of amides is 1. The lowest BCUT2D eigenvalue weighted by atomic mass is 10.1. The smallest absolute Gasteiger partial charge is 0.248 e. The van der Waals surface area contributed by atoms with Crippen LogP contribution in [0.4, 0.5) is 5.69 Å². The molecular formula is C13H18N2O2. The fraction of sp³-hybridized carbons (Fsp3) is 0.462. The minimum atomic E-state index is -0.544. The molecule has 2 N–H and O–H groups in total. The van der Waals surface area contributed by atoms with Gasteiger partial charge in [-0.1, -0.05) is 13.3 Å². The molecule has 0 aliphatic carbocycles. The summed E-state index contributed by atoms with van der Waals surface area (Å²) in [6.07, 6.45) is 2.05. The number of unbranched alkanes of at least 4 members (excludes halogenated alkanes) is 1. The van der Waals surface area contributed by atoms with Crippen LogP contribution in [0.3, 0.4) is 0 Å². The molecule has 1 unspecified atom stereocenters. The highest BCUT2D eigenvalue weighted by atomic mass is 16.5. The van der Waals surface area contributed by atoms with Gasteiger partial charge in [-0.3, -0.25) is 4.79 Å². The molecule has 0 radical (unpaired) electrons. The Labute approximate surface area is 101 Å². The first-order chi connectivity index (χ1) is 8.19. The molecule has 0 saturated heterocycles. The van der Waals surface area contributed by atoms with Gasteiger partial charge in [-0.2, -0.15) is 0 Å². The standard InChI is InChI=1S/C13H18N2O2/c1-3-4-7-15-11-6-5-9(17-2)8-10(11)12(14)13(15)16/h5-6,8,12H,3-4,7,14H2,1-2H3. The first kappa shape index (κ1) is 11.9. The topological polar surface area (TPSA) is 55.6 Å². The van der Waals surface area contributed by atoms with Gasteiger partial charge in [-0.15, -0.1) is 0 Å². The number of benzene rings is 1. The maximum absolute atomic E-state index is 12.0. The number of hydrogen-bond acceptors (Lipinski definition) is 3. The van der Waals surface area contributed by atoms with Gasteiger partial charge in [0.2, 0.25) is 5.91 Å². The minimum absolute atomic E-state index is 0.0123. The van der Waals surface area contributed by atoms with Gasteiger partial charge in [-0.25, -0.2) is 0 Å². The maximum atomic E-state index is 12.0. The van der Waals surface area contributed by atoms with Gasteiger partial charge in [0, 0.05) is 17.8 Å². The molecule has 0 saturated carbocycles. The maximum Gasteiger partial charge on any atom is 0.248 e. The molecule has 2 rings (SSSR count). The summed E-state index contributed by atoms with van der Waals surface area (Å²) in [7, 11) is 1.61. The van der Waals surface area contributed by atoms with Gasteiger partial charge < -0.3 is 15.4 Å². The van der Waals surface area contributed by atoms with Crippen molar-refractivity contribution in [3.05, 3.63) is 23.8 Å². The number of fused-ring (bicyclic) bond motifs is 1. The van der Waals surface area contributed by atoms with Gasteiger partial charge in [0.05, 0.1) is 7.11 Å². The van der Waals surface area contributed by atoms with E-state index >= 15 is 0 Å². The van der Waals surface area contributed by atoms with Crippen molar-refractivity contribution in [1.29, 1.82) is 0 Å². The summed E-state index contributed by atoms with van der Waals surface area (Å²) < 4.78 is 5.15. The zero-order chi connectivity index (χ0) is 12.4. The monoisotopic (exact) mass is 234 g/mol. The first-order valence-electron chi connectivity index (χ1n) is 5.94. The van der Waals surface area contributed by atoms with Gasteiger partial charge in [-0.05, 0) is 24.6 Å². The number of methoxy groups -OCH3 is 1. The Bertz CT molecular complexity index is 431. The summed E-state index contributed by atoms with van der Waals surface area (Å²) in [4.78, 5) is 13.8. The molecule has 1 atom stereocenters. The predicted molar refractivity (Wildman–Crippen MR) is 67.2 cm³/mol. The van der Waals surface area contributed by atoms with E-state index in [0.717, 1.165) is 36.4 Å². The largest absolute Gasteiger partial charge is 0.497 e. The highest BCUT2D eigenvalue weighted by Gasteiger charge is 2.34. The van der Waals surface area contributed by atoms with Crippen molar-refractivity contribution >= 4 is 11.6 Å². The molecule has 1 amide bonds. The van der Waals surface area contributed by atoms with E-state index in [0.29, 0.717) is 0 Å². The summed E-state index contributed by atoms with van der Waals surface area (Å²) in [5, 5.41) is 0. The van der Waals surface area contributed by atoms with Crippen LogP contribution in [0.15, 0.2) is 18.2 Å². The van der Waals surface area contributed by atoms with Gasteiger partial charge in [0.15, 0.2) is 0 Å². The van der Waals surface area contributed by atoms with E-state index in [-0.39, 0.29) is 5.91 Å². The lowest BCUT2D eigenvalue weighted by Gasteiger charge is -2.17. The van der Waals surface area contributed by atoms with Crippen LogP contribution < -0.4 is 15.4 Å². The van der Waals surface area contributed by atoms with Crippen molar-refractivity contribution in [1.82, 2.24) is 0 Å². The number of nitrogens with zero attached hydrogens (tertiary/aromatic N) is 1. The Morgan fingerprint density at radius 2 is 2.24 bits per heavy atom. The third kappa shape index (κ3) is 2.00. The van der Waals surface area contributed by atoms with E-state index in [9.17, 15) is 4.79 Å². The molecule has 4 nitrogen and oxygen atoms in total. The summed E-state index contributed by atoms with van der Waals surface area (Å²) >= 11 is 0. The third-order valence-corrected chi connectivity index (χ3v) is 3.13. The Morgan fingerprint density at radius 3 is 2.88 bits per heavy atom. The normalized spacial score (nSPS) is 18.4. The third-order valence-electron chi connectivity index (χ3n) is 3.13. The number of rotatable bonds is 4. The van der Waals surface area contributed by atoms with Gasteiger partial charge in [0.1, 0.15) is 11.8 Å². The Morgan fingerprint density at radius 1 is 1.47 bits per heavy atom. The second-order valence-corrected chi connectivity index (χ2v) is 4.25. The Balaban J connectivity index is 2.33. The molecule has 92 valence electrons. The first-order valence-corrected chi connectivity index (χ1v) is 5.94. The molecule has 0 aromatic heterocycles. The van der Waals surface area contributed by atoms with Crippen LogP contribution in [0.5, 0.6) is 5.75 Å². The molecule has 0 fully saturated rings. The zero-order valence-electron chi connectivity index (χ0n) is 10.3. The summed E-state index contributed by atoms with van der Waals surface area (Å²) in [6, 6.07) is 5.08. The van der Waals surface area contributed by atoms with E-state index in [2.05, 4.69) is 6.92 Å². The van der Waals surface area contributed by atoms with E-state index in [1.165, 1.54) is 0 Å². The van der Waals surface area contributed by atoms with E-state index < -0.39 is 6.04 Å². The zero-order valence-corrected chi connectivity index (χ0v) is 10.3. The molecule has 1 aliphatic heterocycles. The quantitative estimate of drug-likeness (QED) is 0.864. The van der Waals surface area contributed by atoms with Crippen molar-refractivity contribution in [2.75, 3.05) is 18.6 Å². The molecule has 1 heterocycles. The minimum Gasteiger partial charge on any atom is -0.497 e. The fourth-order valence-corrected chi connectivity index (χ4v) is 2.12. The number of anilines is 1. The van der Waals surface area contributed by atoms with Crippen LogP contribution in [-0.4, -0.2) is 19.6 Å². The van der Waals surface area contributed by atoms with Gasteiger partial charge in [0.25, 0.3) is 0 Å². The van der Waals surface area contributed by atoms with Crippen LogP contribution in [0.2, 0.25) is 0 Å². The molecule has 4 heteroatoms. The van der Waals surface area contributed by atoms with Crippen LogP contribution >= 0.6 is 0 Å². The van der Waals surface area contributed by atoms with Crippen molar-refractivity contribution in [3.8, 4) is 5.75 Å². The fourth-order valence-electron chi connectivity index (χ4n) is 2.12. The van der Waals surface area contributed by atoms with E-state index in [4.69, 9.17) is 10.5 Å². The van der Waals surface area contributed by atoms with E-state index in [1.54, 1.807) is 12.0 Å². The number of carbonyl (C=O) groups is 1. The van der Waals surface area contributed by atoms with Crippen LogP contribution in [0.1, 0.15) is 31.4 Å². The van der Waals surface area contributed by atoms with Gasteiger partial charge >= 0.3 is 0 Å². The average Bonchev–Trinajstić information content (AvgIpc) is 2.60. The van der Waals surface area contributed by atoms with Crippen molar-refractivity contribution in [3.63, 3.8) is 0 Å². The SMILES string of the molecule is CCCCN1C(=O)C(N)c2cc(OC)ccc21. The molecular weight excluding hydrogens is 216 g/mol. The summed E-state index contributed by atoms with van der Waals surface area (Å²) in [5.41, 5.74) is 7.72. The lowest BCUT2D eigenvalue weighted by molar-refractivity contribution is -0.119. The van der Waals surface area contributed by atoms with Crippen molar-refractivity contribution < 1.29 is 9.53 Å². The second-order valence-electron chi connectivity index (χ2n) is 4.25. The molecule has 1 aromatic carbocycles. The number of carbonyl (C=O) groups excluding carboxylic acids is 1. The lowest BCUT2D eigenvalue weighted by Crippen LogP contribution is -2.32. The summed E-state index contributed by atoms with van der Waals surface area (Å²) in [5.74, 6) is 0.728.